The minimum Gasteiger partial charge on any atom is -0.330 e. The van der Waals surface area contributed by atoms with Crippen LogP contribution in [0.1, 0.15) is 44.7 Å². The summed E-state index contributed by atoms with van der Waals surface area (Å²) >= 11 is 0. The highest BCUT2D eigenvalue weighted by Crippen LogP contribution is 2.26. The van der Waals surface area contributed by atoms with Crippen LogP contribution in [0.5, 0.6) is 0 Å². The van der Waals surface area contributed by atoms with Crippen molar-refractivity contribution in [1.29, 1.82) is 0 Å². The Morgan fingerprint density at radius 3 is 2.30 bits per heavy atom. The first kappa shape index (κ1) is 14.8. The number of hydrogen-bond acceptors (Lipinski definition) is 2. The summed E-state index contributed by atoms with van der Waals surface area (Å²) in [6.07, 6.45) is 2.74. The molecule has 1 heterocycles. The number of likely N-dealkylation sites (tertiary alicyclic amines) is 1. The van der Waals surface area contributed by atoms with Crippen LogP contribution in [0, 0.1) is 0 Å². The third-order valence-corrected chi connectivity index (χ3v) is 4.28. The Kier molecular flexibility index (Phi) is 4.26. The van der Waals surface area contributed by atoms with E-state index in [0.29, 0.717) is 19.4 Å². The first-order chi connectivity index (χ1) is 9.45. The van der Waals surface area contributed by atoms with E-state index in [1.165, 1.54) is 11.1 Å². The third kappa shape index (κ3) is 2.92. The standard InChI is InChI=1S/C17H23NO2/c1-4-13-5-7-14(8-6-13)9-10-16(20)18-12-11-15(19)17(18,2)3/h5-8H,4,9-12H2,1-3H3. The number of hydrogen-bond donors (Lipinski definition) is 0. The van der Waals surface area contributed by atoms with Crippen LogP contribution in [0.4, 0.5) is 0 Å². The molecule has 3 nitrogen and oxygen atoms in total. The minimum atomic E-state index is -0.622. The molecule has 1 aromatic carbocycles. The molecule has 0 bridgehead atoms. The average molecular weight is 273 g/mol. The second-order valence-electron chi connectivity index (χ2n) is 5.95. The molecule has 20 heavy (non-hydrogen) atoms. The Labute approximate surface area is 121 Å². The number of aryl methyl sites for hydroxylation is 2. The van der Waals surface area contributed by atoms with Gasteiger partial charge in [0.1, 0.15) is 0 Å². The molecule has 0 aromatic heterocycles. The Morgan fingerprint density at radius 1 is 1.20 bits per heavy atom. The molecule has 108 valence electrons. The lowest BCUT2D eigenvalue weighted by molar-refractivity contribution is -0.138. The monoisotopic (exact) mass is 273 g/mol. The number of benzene rings is 1. The molecule has 1 fully saturated rings. The molecule has 1 aromatic rings. The van der Waals surface area contributed by atoms with Gasteiger partial charge in [-0.2, -0.15) is 0 Å². The molecule has 0 spiro atoms. The van der Waals surface area contributed by atoms with Crippen LogP contribution in [-0.4, -0.2) is 28.7 Å². The van der Waals surface area contributed by atoms with E-state index >= 15 is 0 Å². The second-order valence-corrected chi connectivity index (χ2v) is 5.95. The van der Waals surface area contributed by atoms with Crippen LogP contribution in [-0.2, 0) is 22.4 Å². The van der Waals surface area contributed by atoms with Gasteiger partial charge < -0.3 is 4.90 Å². The molecule has 1 saturated heterocycles. The molecule has 0 saturated carbocycles. The van der Waals surface area contributed by atoms with Gasteiger partial charge in [0.05, 0.1) is 5.54 Å². The third-order valence-electron chi connectivity index (χ3n) is 4.28. The number of nitrogens with zero attached hydrogens (tertiary/aromatic N) is 1. The van der Waals surface area contributed by atoms with Gasteiger partial charge in [0.15, 0.2) is 5.78 Å². The van der Waals surface area contributed by atoms with Crippen molar-refractivity contribution in [2.45, 2.75) is 52.0 Å². The predicted octanol–water partition coefficient (Wildman–Crippen LogP) is 2.76. The zero-order valence-electron chi connectivity index (χ0n) is 12.6. The van der Waals surface area contributed by atoms with E-state index < -0.39 is 5.54 Å². The largest absolute Gasteiger partial charge is 0.330 e. The molecule has 1 amide bonds. The van der Waals surface area contributed by atoms with Gasteiger partial charge in [0.25, 0.3) is 0 Å². The highest BCUT2D eigenvalue weighted by Gasteiger charge is 2.42. The fraction of sp³-hybridized carbons (Fsp3) is 0.529. The molecule has 2 rings (SSSR count). The molecule has 0 aliphatic carbocycles. The molecule has 0 atom stereocenters. The van der Waals surface area contributed by atoms with E-state index in [1.807, 2.05) is 13.8 Å². The summed E-state index contributed by atoms with van der Waals surface area (Å²) in [5.41, 5.74) is 1.87. The lowest BCUT2D eigenvalue weighted by atomic mass is 9.99. The van der Waals surface area contributed by atoms with Gasteiger partial charge in [-0.25, -0.2) is 0 Å². The molecular formula is C17H23NO2. The average Bonchev–Trinajstić information content (AvgIpc) is 2.71. The van der Waals surface area contributed by atoms with E-state index in [-0.39, 0.29) is 11.7 Å². The van der Waals surface area contributed by atoms with Crippen molar-refractivity contribution in [3.8, 4) is 0 Å². The SMILES string of the molecule is CCc1ccc(CCC(=O)N2CCC(=O)C2(C)C)cc1. The summed E-state index contributed by atoms with van der Waals surface area (Å²) in [5.74, 6) is 0.249. The number of rotatable bonds is 4. The number of amides is 1. The summed E-state index contributed by atoms with van der Waals surface area (Å²) in [6.45, 7) is 6.39. The summed E-state index contributed by atoms with van der Waals surface area (Å²) < 4.78 is 0. The van der Waals surface area contributed by atoms with E-state index in [0.717, 1.165) is 12.8 Å². The van der Waals surface area contributed by atoms with Gasteiger partial charge in [-0.3, -0.25) is 9.59 Å². The van der Waals surface area contributed by atoms with Crippen LogP contribution in [0.25, 0.3) is 0 Å². The molecule has 0 unspecified atom stereocenters. The molecule has 1 aliphatic heterocycles. The van der Waals surface area contributed by atoms with Crippen molar-refractivity contribution >= 4 is 11.7 Å². The first-order valence-electron chi connectivity index (χ1n) is 7.36. The van der Waals surface area contributed by atoms with Crippen molar-refractivity contribution in [3.63, 3.8) is 0 Å². The van der Waals surface area contributed by atoms with Gasteiger partial charge in [0, 0.05) is 19.4 Å². The smallest absolute Gasteiger partial charge is 0.223 e. The van der Waals surface area contributed by atoms with Crippen molar-refractivity contribution in [1.82, 2.24) is 4.90 Å². The Balaban J connectivity index is 1.93. The quantitative estimate of drug-likeness (QED) is 0.846. The first-order valence-corrected chi connectivity index (χ1v) is 7.36. The fourth-order valence-corrected chi connectivity index (χ4v) is 2.71. The van der Waals surface area contributed by atoms with Crippen LogP contribution in [0.3, 0.4) is 0 Å². The van der Waals surface area contributed by atoms with Crippen LogP contribution in [0.2, 0.25) is 0 Å². The maximum atomic E-state index is 12.3. The van der Waals surface area contributed by atoms with Crippen molar-refractivity contribution < 1.29 is 9.59 Å². The van der Waals surface area contributed by atoms with Crippen LogP contribution >= 0.6 is 0 Å². The van der Waals surface area contributed by atoms with E-state index in [1.54, 1.807) is 4.90 Å². The lowest BCUT2D eigenvalue weighted by Crippen LogP contribution is -2.46. The molecule has 0 N–H and O–H groups in total. The maximum absolute atomic E-state index is 12.3. The van der Waals surface area contributed by atoms with Gasteiger partial charge in [0.2, 0.25) is 5.91 Å². The van der Waals surface area contributed by atoms with Gasteiger partial charge in [-0.1, -0.05) is 31.2 Å². The molecule has 3 heteroatoms. The predicted molar refractivity (Wildman–Crippen MR) is 79.6 cm³/mol. The topological polar surface area (TPSA) is 37.4 Å². The summed E-state index contributed by atoms with van der Waals surface area (Å²) in [6, 6.07) is 8.41. The van der Waals surface area contributed by atoms with Crippen LogP contribution < -0.4 is 0 Å². The lowest BCUT2D eigenvalue weighted by Gasteiger charge is -2.30. The molecule has 0 radical (unpaired) electrons. The number of ketones is 1. The van der Waals surface area contributed by atoms with Gasteiger partial charge in [-0.05, 0) is 37.8 Å². The van der Waals surface area contributed by atoms with Crippen molar-refractivity contribution in [3.05, 3.63) is 35.4 Å². The zero-order valence-corrected chi connectivity index (χ0v) is 12.6. The number of Topliss-reactive ketones (excluding diaryl/α,β-unsaturated/α-hetero) is 1. The van der Waals surface area contributed by atoms with Gasteiger partial charge in [-0.15, -0.1) is 0 Å². The second kappa shape index (κ2) is 5.78. The van der Waals surface area contributed by atoms with Gasteiger partial charge >= 0.3 is 0 Å². The summed E-state index contributed by atoms with van der Waals surface area (Å²) in [5, 5.41) is 0. The summed E-state index contributed by atoms with van der Waals surface area (Å²) in [7, 11) is 0. The Morgan fingerprint density at radius 2 is 1.80 bits per heavy atom. The molecular weight excluding hydrogens is 250 g/mol. The minimum absolute atomic E-state index is 0.0837. The van der Waals surface area contributed by atoms with E-state index in [9.17, 15) is 9.59 Å². The Hall–Kier alpha value is -1.64. The fourth-order valence-electron chi connectivity index (χ4n) is 2.71. The van der Waals surface area contributed by atoms with Crippen LogP contribution in [0.15, 0.2) is 24.3 Å². The summed E-state index contributed by atoms with van der Waals surface area (Å²) in [4.78, 5) is 25.8. The normalized spacial score (nSPS) is 17.6. The highest BCUT2D eigenvalue weighted by atomic mass is 16.2. The van der Waals surface area contributed by atoms with E-state index in [2.05, 4.69) is 31.2 Å². The van der Waals surface area contributed by atoms with Crippen molar-refractivity contribution in [2.24, 2.45) is 0 Å². The number of carbonyl (C=O) groups excluding carboxylic acids is 2. The zero-order chi connectivity index (χ0) is 14.8. The van der Waals surface area contributed by atoms with E-state index in [4.69, 9.17) is 0 Å². The maximum Gasteiger partial charge on any atom is 0.223 e. The Bertz CT molecular complexity index is 502. The van der Waals surface area contributed by atoms with Crippen molar-refractivity contribution in [2.75, 3.05) is 6.54 Å². The highest BCUT2D eigenvalue weighted by molar-refractivity contribution is 5.95. The number of carbonyl (C=O) groups is 2. The molecule has 1 aliphatic rings.